The van der Waals surface area contributed by atoms with Crippen LogP contribution in [0.2, 0.25) is 0 Å². The number of rotatable bonds is 3. The maximum absolute atomic E-state index is 12.8. The Hall–Kier alpha value is -1.32. The second kappa shape index (κ2) is 8.09. The van der Waals surface area contributed by atoms with Gasteiger partial charge in [-0.2, -0.15) is 0 Å². The van der Waals surface area contributed by atoms with Gasteiger partial charge in [-0.05, 0) is 117 Å². The predicted octanol–water partition coefficient (Wildman–Crippen LogP) is 7.66. The summed E-state index contributed by atoms with van der Waals surface area (Å²) in [4.78, 5) is 24.7. The molecule has 4 nitrogen and oxygen atoms in total. The molecule has 0 heterocycles. The van der Waals surface area contributed by atoms with Crippen molar-refractivity contribution in [3.05, 3.63) is 12.2 Å². The number of aliphatic carboxylic acids is 1. The van der Waals surface area contributed by atoms with Crippen LogP contribution in [0.25, 0.3) is 0 Å². The summed E-state index contributed by atoms with van der Waals surface area (Å²) in [5, 5.41) is 10.5. The van der Waals surface area contributed by atoms with Crippen LogP contribution >= 0.6 is 0 Å². The minimum atomic E-state index is -0.553. The minimum Gasteiger partial charge on any atom is -0.481 e. The van der Waals surface area contributed by atoms with Crippen LogP contribution in [0.15, 0.2) is 12.2 Å². The van der Waals surface area contributed by atoms with Gasteiger partial charge in [0, 0.05) is 12.3 Å². The van der Waals surface area contributed by atoms with Crippen molar-refractivity contribution in [1.82, 2.24) is 0 Å². The molecule has 0 spiro atoms. The zero-order valence-electron chi connectivity index (χ0n) is 23.9. The molecule has 0 aromatic carbocycles. The number of hydrogen-bond donors (Lipinski definition) is 1. The van der Waals surface area contributed by atoms with Gasteiger partial charge in [0.05, 0.1) is 5.41 Å². The van der Waals surface area contributed by atoms with E-state index in [1.807, 2.05) is 0 Å². The summed E-state index contributed by atoms with van der Waals surface area (Å²) in [5.74, 6) is 1.49. The molecule has 0 saturated heterocycles. The molecule has 202 valence electrons. The molecule has 5 aliphatic carbocycles. The van der Waals surface area contributed by atoms with Crippen LogP contribution in [0.5, 0.6) is 0 Å². The Morgan fingerprint density at radius 2 is 1.50 bits per heavy atom. The van der Waals surface area contributed by atoms with E-state index in [1.54, 1.807) is 6.92 Å². The average molecular weight is 499 g/mol. The second-order valence-electron chi connectivity index (χ2n) is 15.1. The van der Waals surface area contributed by atoms with E-state index >= 15 is 0 Å². The highest BCUT2D eigenvalue weighted by Gasteiger charge is 2.72. The first-order valence-electron chi connectivity index (χ1n) is 14.7. The third-order valence-electron chi connectivity index (χ3n) is 13.7. The standard InChI is InChI=1S/C32H50O4/c1-19(2)21-11-16-32(27(34)35)18-17-30(7)22(26(21)32)9-10-24-29(6)14-13-25(36-20(3)33)28(4,5)23(29)12-15-31(24,30)8/h21-26H,1,9-18H2,2-8H3,(H,34,35)/t21-,22+,23-,24-,25-,26+,29-,30+,31+,32-/m0/s1. The zero-order valence-corrected chi connectivity index (χ0v) is 23.9. The zero-order chi connectivity index (χ0) is 26.5. The summed E-state index contributed by atoms with van der Waals surface area (Å²) < 4.78 is 5.88. The number of carboxylic acids is 1. The number of ether oxygens (including phenoxy) is 1. The molecule has 5 aliphatic rings. The van der Waals surface area contributed by atoms with E-state index < -0.39 is 11.4 Å². The Bertz CT molecular complexity index is 967. The van der Waals surface area contributed by atoms with Crippen molar-refractivity contribution in [3.8, 4) is 0 Å². The lowest BCUT2D eigenvalue weighted by Crippen LogP contribution is -2.67. The number of carbonyl (C=O) groups is 2. The summed E-state index contributed by atoms with van der Waals surface area (Å²) >= 11 is 0. The normalized spacial score (nSPS) is 51.2. The van der Waals surface area contributed by atoms with Gasteiger partial charge in [-0.3, -0.25) is 9.59 Å². The van der Waals surface area contributed by atoms with Crippen LogP contribution in [0.4, 0.5) is 0 Å². The van der Waals surface area contributed by atoms with Crippen molar-refractivity contribution in [3.63, 3.8) is 0 Å². The Labute approximate surface area is 219 Å². The SMILES string of the molecule is C=C(C)[C@@H]1CC[C@]2(C(=O)O)CC[C@]3(C)[C@H](CC[C@H]4[C@@]5(C)CC[C@H](OC(C)=O)C(C)(C)[C@@H]5CC[C@]43C)[C@@H]12. The number of carboxylic acid groups (broad SMARTS) is 1. The molecule has 0 aromatic rings. The third kappa shape index (κ3) is 3.17. The molecular formula is C32H50O4. The fraction of sp³-hybridized carbons (Fsp3) is 0.875. The van der Waals surface area contributed by atoms with Crippen LogP contribution in [0, 0.1) is 56.7 Å². The number of hydrogen-bond acceptors (Lipinski definition) is 3. The van der Waals surface area contributed by atoms with Crippen molar-refractivity contribution in [2.45, 2.75) is 119 Å². The van der Waals surface area contributed by atoms with Gasteiger partial charge < -0.3 is 9.84 Å². The van der Waals surface area contributed by atoms with E-state index in [1.165, 1.54) is 24.8 Å². The molecular weight excluding hydrogens is 448 g/mol. The van der Waals surface area contributed by atoms with E-state index in [0.29, 0.717) is 23.7 Å². The van der Waals surface area contributed by atoms with Crippen molar-refractivity contribution in [2.24, 2.45) is 56.7 Å². The molecule has 0 aliphatic heterocycles. The van der Waals surface area contributed by atoms with Gasteiger partial charge in [-0.1, -0.05) is 46.8 Å². The molecule has 36 heavy (non-hydrogen) atoms. The summed E-state index contributed by atoms with van der Waals surface area (Å²) in [6, 6.07) is 0. The quantitative estimate of drug-likeness (QED) is 0.320. The van der Waals surface area contributed by atoms with E-state index in [9.17, 15) is 14.7 Å². The first kappa shape index (κ1) is 26.3. The van der Waals surface area contributed by atoms with Gasteiger partial charge >= 0.3 is 11.9 Å². The third-order valence-corrected chi connectivity index (χ3v) is 13.7. The molecule has 1 N–H and O–H groups in total. The summed E-state index contributed by atoms with van der Waals surface area (Å²) in [6.45, 7) is 20.4. The number of esters is 1. The van der Waals surface area contributed by atoms with Crippen molar-refractivity contribution in [1.29, 1.82) is 0 Å². The van der Waals surface area contributed by atoms with E-state index in [2.05, 4.69) is 48.1 Å². The summed E-state index contributed by atoms with van der Waals surface area (Å²) in [7, 11) is 0. The lowest BCUT2D eigenvalue weighted by Gasteiger charge is -2.72. The first-order valence-corrected chi connectivity index (χ1v) is 14.7. The lowest BCUT2D eigenvalue weighted by atomic mass is 9.32. The van der Waals surface area contributed by atoms with Crippen LogP contribution in [0.1, 0.15) is 113 Å². The Kier molecular flexibility index (Phi) is 5.91. The summed E-state index contributed by atoms with van der Waals surface area (Å²) in [5.41, 5.74) is 1.20. The molecule has 0 bridgehead atoms. The first-order chi connectivity index (χ1) is 16.6. The molecule has 5 fully saturated rings. The van der Waals surface area contributed by atoms with Gasteiger partial charge in [0.1, 0.15) is 6.10 Å². The van der Waals surface area contributed by atoms with Crippen molar-refractivity contribution >= 4 is 11.9 Å². The molecule has 5 rings (SSSR count). The fourth-order valence-electron chi connectivity index (χ4n) is 11.9. The molecule has 0 unspecified atom stereocenters. The average Bonchev–Trinajstić information content (AvgIpc) is 3.17. The topological polar surface area (TPSA) is 63.6 Å². The molecule has 10 atom stereocenters. The minimum absolute atomic E-state index is 0.00466. The Morgan fingerprint density at radius 3 is 2.11 bits per heavy atom. The predicted molar refractivity (Wildman–Crippen MR) is 142 cm³/mol. The van der Waals surface area contributed by atoms with Gasteiger partial charge in [0.15, 0.2) is 0 Å². The van der Waals surface area contributed by atoms with Gasteiger partial charge in [-0.25, -0.2) is 0 Å². The van der Waals surface area contributed by atoms with Crippen LogP contribution in [-0.2, 0) is 14.3 Å². The highest BCUT2D eigenvalue weighted by molar-refractivity contribution is 5.76. The van der Waals surface area contributed by atoms with Gasteiger partial charge in [0.25, 0.3) is 0 Å². The van der Waals surface area contributed by atoms with E-state index in [-0.39, 0.29) is 39.7 Å². The maximum Gasteiger partial charge on any atom is 0.309 e. The molecule has 0 aromatic heterocycles. The van der Waals surface area contributed by atoms with E-state index in [4.69, 9.17) is 4.74 Å². The number of carbonyl (C=O) groups excluding carboxylic acids is 1. The fourth-order valence-corrected chi connectivity index (χ4v) is 11.9. The van der Waals surface area contributed by atoms with E-state index in [0.717, 1.165) is 44.9 Å². The van der Waals surface area contributed by atoms with Crippen molar-refractivity contribution in [2.75, 3.05) is 0 Å². The van der Waals surface area contributed by atoms with Gasteiger partial charge in [0.2, 0.25) is 0 Å². The highest BCUT2D eigenvalue weighted by atomic mass is 16.5. The number of fused-ring (bicyclic) bond motifs is 7. The van der Waals surface area contributed by atoms with Crippen LogP contribution in [0.3, 0.4) is 0 Å². The smallest absolute Gasteiger partial charge is 0.309 e. The monoisotopic (exact) mass is 498 g/mol. The molecule has 0 amide bonds. The highest BCUT2D eigenvalue weighted by Crippen LogP contribution is 2.77. The summed E-state index contributed by atoms with van der Waals surface area (Å²) in [6.07, 6.45) is 10.5. The molecule has 0 radical (unpaired) electrons. The Balaban J connectivity index is 1.52. The molecule has 4 heteroatoms. The molecule has 5 saturated carbocycles. The van der Waals surface area contributed by atoms with Gasteiger partial charge in [-0.15, -0.1) is 0 Å². The second-order valence-corrected chi connectivity index (χ2v) is 15.1. The largest absolute Gasteiger partial charge is 0.481 e. The number of allylic oxidation sites excluding steroid dienone is 1. The lowest BCUT2D eigenvalue weighted by molar-refractivity contribution is -0.250. The van der Waals surface area contributed by atoms with Crippen LogP contribution in [-0.4, -0.2) is 23.1 Å². The maximum atomic E-state index is 12.8. The van der Waals surface area contributed by atoms with Crippen molar-refractivity contribution < 1.29 is 19.4 Å². The van der Waals surface area contributed by atoms with Crippen LogP contribution < -0.4 is 0 Å². The Morgan fingerprint density at radius 1 is 0.806 bits per heavy atom.